The van der Waals surface area contributed by atoms with E-state index in [-0.39, 0.29) is 0 Å². The summed E-state index contributed by atoms with van der Waals surface area (Å²) in [6, 6.07) is 0. The van der Waals surface area contributed by atoms with Crippen LogP contribution in [0.1, 0.15) is 66.7 Å². The van der Waals surface area contributed by atoms with Gasteiger partial charge in [0.2, 0.25) is 0 Å². The van der Waals surface area contributed by atoms with Crippen LogP contribution in [0, 0.1) is 29.6 Å². The topological polar surface area (TPSA) is 0 Å². The third-order valence-electron chi connectivity index (χ3n) is 4.70. The molecule has 0 nitrogen and oxygen atoms in total. The third-order valence-corrected chi connectivity index (χ3v) is 4.70. The van der Waals surface area contributed by atoms with Crippen molar-refractivity contribution in [3.8, 4) is 0 Å². The molecule has 1 aliphatic rings. The van der Waals surface area contributed by atoms with Gasteiger partial charge in [0.05, 0.1) is 0 Å². The fraction of sp³-hybridized carbons (Fsp3) is 1.00. The second kappa shape index (κ2) is 5.92. The van der Waals surface area contributed by atoms with E-state index in [1.165, 1.54) is 32.1 Å². The zero-order chi connectivity index (χ0) is 11.4. The van der Waals surface area contributed by atoms with Crippen molar-refractivity contribution >= 4 is 0 Å². The van der Waals surface area contributed by atoms with Crippen molar-refractivity contribution in [2.45, 2.75) is 66.7 Å². The maximum atomic E-state index is 2.49. The molecule has 1 saturated carbocycles. The van der Waals surface area contributed by atoms with Crippen LogP contribution in [0.4, 0.5) is 0 Å². The van der Waals surface area contributed by atoms with Gasteiger partial charge in [0.15, 0.2) is 0 Å². The van der Waals surface area contributed by atoms with Gasteiger partial charge in [-0.1, -0.05) is 60.3 Å². The predicted molar refractivity (Wildman–Crippen MR) is 68.9 cm³/mol. The SMILES string of the molecule is CC(C)CCCC(C)C(C)C1CCC1C. The first-order valence-corrected chi connectivity index (χ1v) is 7.02. The molecule has 0 radical (unpaired) electrons. The summed E-state index contributed by atoms with van der Waals surface area (Å²) in [5, 5.41) is 0. The van der Waals surface area contributed by atoms with Gasteiger partial charge in [0.25, 0.3) is 0 Å². The Kier molecular flexibility index (Phi) is 5.15. The highest BCUT2D eigenvalue weighted by Crippen LogP contribution is 2.42. The van der Waals surface area contributed by atoms with Gasteiger partial charge in [0.1, 0.15) is 0 Å². The molecule has 0 aliphatic heterocycles. The molecule has 0 N–H and O–H groups in total. The first-order chi connectivity index (χ1) is 7.02. The third kappa shape index (κ3) is 3.81. The summed E-state index contributed by atoms with van der Waals surface area (Å²) in [5.41, 5.74) is 0. The van der Waals surface area contributed by atoms with Gasteiger partial charge in [-0.15, -0.1) is 0 Å². The lowest BCUT2D eigenvalue weighted by molar-refractivity contribution is 0.0905. The van der Waals surface area contributed by atoms with Gasteiger partial charge < -0.3 is 0 Å². The van der Waals surface area contributed by atoms with E-state index in [4.69, 9.17) is 0 Å². The molecule has 1 aliphatic carbocycles. The molecule has 1 fully saturated rings. The molecule has 0 aromatic heterocycles. The minimum absolute atomic E-state index is 0.884. The van der Waals surface area contributed by atoms with E-state index in [2.05, 4.69) is 34.6 Å². The van der Waals surface area contributed by atoms with Gasteiger partial charge in [0, 0.05) is 0 Å². The summed E-state index contributed by atoms with van der Waals surface area (Å²) in [4.78, 5) is 0. The first-order valence-electron chi connectivity index (χ1n) is 7.02. The minimum atomic E-state index is 0.884. The van der Waals surface area contributed by atoms with E-state index < -0.39 is 0 Å². The predicted octanol–water partition coefficient (Wildman–Crippen LogP) is 5.13. The summed E-state index contributed by atoms with van der Waals surface area (Å²) >= 11 is 0. The highest BCUT2D eigenvalue weighted by molar-refractivity contribution is 4.83. The van der Waals surface area contributed by atoms with Crippen LogP contribution in [-0.2, 0) is 0 Å². The van der Waals surface area contributed by atoms with Crippen molar-refractivity contribution < 1.29 is 0 Å². The molecule has 0 amide bonds. The van der Waals surface area contributed by atoms with E-state index >= 15 is 0 Å². The Bertz CT molecular complexity index is 171. The summed E-state index contributed by atoms with van der Waals surface area (Å²) in [6.07, 6.45) is 7.27. The number of rotatable bonds is 6. The Labute approximate surface area is 96.8 Å². The maximum absolute atomic E-state index is 2.49. The molecular formula is C15H30. The fourth-order valence-corrected chi connectivity index (χ4v) is 3.01. The van der Waals surface area contributed by atoms with Gasteiger partial charge >= 0.3 is 0 Å². The quantitative estimate of drug-likeness (QED) is 0.570. The van der Waals surface area contributed by atoms with Crippen molar-refractivity contribution in [3.63, 3.8) is 0 Å². The van der Waals surface area contributed by atoms with Crippen LogP contribution in [0.3, 0.4) is 0 Å². The molecule has 0 heteroatoms. The van der Waals surface area contributed by atoms with Crippen LogP contribution >= 0.6 is 0 Å². The fourth-order valence-electron chi connectivity index (χ4n) is 3.01. The molecule has 0 aromatic carbocycles. The van der Waals surface area contributed by atoms with Crippen LogP contribution in [0.5, 0.6) is 0 Å². The van der Waals surface area contributed by atoms with Crippen molar-refractivity contribution in [1.82, 2.24) is 0 Å². The lowest BCUT2D eigenvalue weighted by atomic mass is 9.65. The van der Waals surface area contributed by atoms with Crippen molar-refractivity contribution in [1.29, 1.82) is 0 Å². The van der Waals surface area contributed by atoms with E-state index in [1.54, 1.807) is 0 Å². The summed E-state index contributed by atoms with van der Waals surface area (Å²) in [6.45, 7) is 12.1. The lowest BCUT2D eigenvalue weighted by Crippen LogP contribution is -2.32. The van der Waals surface area contributed by atoms with Gasteiger partial charge in [-0.3, -0.25) is 0 Å². The molecule has 90 valence electrons. The monoisotopic (exact) mass is 210 g/mol. The lowest BCUT2D eigenvalue weighted by Gasteiger charge is -2.41. The normalized spacial score (nSPS) is 30.0. The van der Waals surface area contributed by atoms with Crippen molar-refractivity contribution in [2.75, 3.05) is 0 Å². The van der Waals surface area contributed by atoms with Crippen LogP contribution in [-0.4, -0.2) is 0 Å². The van der Waals surface area contributed by atoms with Crippen molar-refractivity contribution in [3.05, 3.63) is 0 Å². The average Bonchev–Trinajstić information content (AvgIpc) is 2.14. The Morgan fingerprint density at radius 1 is 1.00 bits per heavy atom. The largest absolute Gasteiger partial charge is 0.0628 e. The standard InChI is InChI=1S/C15H30/c1-11(2)7-6-8-12(3)14(5)15-10-9-13(15)4/h11-15H,6-10H2,1-5H3. The number of hydrogen-bond acceptors (Lipinski definition) is 0. The maximum Gasteiger partial charge on any atom is -0.0360 e. The van der Waals surface area contributed by atoms with E-state index in [0.29, 0.717) is 0 Å². The van der Waals surface area contributed by atoms with E-state index in [1.807, 2.05) is 0 Å². The molecule has 0 saturated heterocycles. The van der Waals surface area contributed by atoms with Crippen molar-refractivity contribution in [2.24, 2.45) is 29.6 Å². The van der Waals surface area contributed by atoms with Crippen LogP contribution in [0.2, 0.25) is 0 Å². The minimum Gasteiger partial charge on any atom is -0.0628 e. The second-order valence-corrected chi connectivity index (χ2v) is 6.38. The van der Waals surface area contributed by atoms with E-state index in [9.17, 15) is 0 Å². The summed E-state index contributed by atoms with van der Waals surface area (Å²) in [7, 11) is 0. The van der Waals surface area contributed by atoms with Gasteiger partial charge in [-0.2, -0.15) is 0 Å². The average molecular weight is 210 g/mol. The number of hydrogen-bond donors (Lipinski definition) is 0. The molecule has 4 atom stereocenters. The zero-order valence-electron chi connectivity index (χ0n) is 11.4. The summed E-state index contributed by atoms with van der Waals surface area (Å²) in [5.74, 6) is 4.83. The summed E-state index contributed by atoms with van der Waals surface area (Å²) < 4.78 is 0. The molecule has 0 spiro atoms. The van der Waals surface area contributed by atoms with Crippen LogP contribution in [0.25, 0.3) is 0 Å². The zero-order valence-corrected chi connectivity index (χ0v) is 11.4. The smallest absolute Gasteiger partial charge is 0.0360 e. The molecule has 0 heterocycles. The van der Waals surface area contributed by atoms with Gasteiger partial charge in [-0.05, 0) is 36.0 Å². The highest BCUT2D eigenvalue weighted by Gasteiger charge is 2.33. The molecule has 4 unspecified atom stereocenters. The molecule has 0 aromatic rings. The van der Waals surface area contributed by atoms with E-state index in [0.717, 1.165) is 29.6 Å². The molecule has 15 heavy (non-hydrogen) atoms. The Morgan fingerprint density at radius 3 is 2.07 bits per heavy atom. The molecular weight excluding hydrogens is 180 g/mol. The Morgan fingerprint density at radius 2 is 1.67 bits per heavy atom. The second-order valence-electron chi connectivity index (χ2n) is 6.38. The van der Waals surface area contributed by atoms with Gasteiger partial charge in [-0.25, -0.2) is 0 Å². The Hall–Kier alpha value is 0. The van der Waals surface area contributed by atoms with Crippen LogP contribution < -0.4 is 0 Å². The van der Waals surface area contributed by atoms with Crippen LogP contribution in [0.15, 0.2) is 0 Å². The highest BCUT2D eigenvalue weighted by atomic mass is 14.4. The molecule has 0 bridgehead atoms. The molecule has 1 rings (SSSR count). The first kappa shape index (κ1) is 13.1. The Balaban J connectivity index is 2.18.